The smallest absolute Gasteiger partial charge is 0.299 e. The fourth-order valence-electron chi connectivity index (χ4n) is 3.16. The van der Waals surface area contributed by atoms with Crippen LogP contribution in [0.15, 0.2) is 18.2 Å². The summed E-state index contributed by atoms with van der Waals surface area (Å²) in [5, 5.41) is 0. The maximum atomic E-state index is 12.7. The molecule has 3 aliphatic rings. The molecule has 114 valence electrons. The van der Waals surface area contributed by atoms with E-state index in [0.717, 1.165) is 38.3 Å². The highest BCUT2D eigenvalue weighted by Crippen LogP contribution is 2.31. The lowest BCUT2D eigenvalue weighted by Crippen LogP contribution is -2.63. The minimum absolute atomic E-state index is 0.0642. The van der Waals surface area contributed by atoms with Crippen molar-refractivity contribution in [2.24, 2.45) is 0 Å². The maximum Gasteiger partial charge on any atom is 0.416 e. The van der Waals surface area contributed by atoms with Gasteiger partial charge in [0.15, 0.2) is 5.78 Å². The second-order valence-corrected chi connectivity index (χ2v) is 5.74. The van der Waals surface area contributed by atoms with Crippen LogP contribution >= 0.6 is 0 Å². The Labute approximate surface area is 121 Å². The first-order valence-corrected chi connectivity index (χ1v) is 7.05. The largest absolute Gasteiger partial charge is 0.416 e. The molecule has 0 radical (unpaired) electrons. The number of nitrogens with zero attached hydrogens (tertiary/aromatic N) is 2. The van der Waals surface area contributed by atoms with E-state index < -0.39 is 11.7 Å². The molecule has 1 aromatic carbocycles. The molecule has 3 nitrogen and oxygen atoms in total. The monoisotopic (exact) mass is 298 g/mol. The first-order chi connectivity index (χ1) is 9.86. The summed E-state index contributed by atoms with van der Waals surface area (Å²) in [6, 6.07) is 3.16. The van der Waals surface area contributed by atoms with Gasteiger partial charge < -0.3 is 0 Å². The third-order valence-electron chi connectivity index (χ3n) is 4.40. The predicted octanol–water partition coefficient (Wildman–Crippen LogP) is 2.20. The number of rotatable bonds is 2. The zero-order valence-electron chi connectivity index (χ0n) is 11.8. The summed E-state index contributed by atoms with van der Waals surface area (Å²) in [5.41, 5.74) is 0.0972. The number of hydrogen-bond donors (Lipinski definition) is 0. The van der Waals surface area contributed by atoms with Crippen molar-refractivity contribution in [1.82, 2.24) is 9.80 Å². The summed E-state index contributed by atoms with van der Waals surface area (Å²) in [6.07, 6.45) is -4.37. The molecule has 6 heteroatoms. The minimum Gasteiger partial charge on any atom is -0.299 e. The molecule has 1 aromatic rings. The molecule has 2 bridgehead atoms. The van der Waals surface area contributed by atoms with Gasteiger partial charge in [-0.05, 0) is 24.6 Å². The van der Waals surface area contributed by atoms with E-state index in [1.54, 1.807) is 6.92 Å². The molecule has 1 atom stereocenters. The summed E-state index contributed by atoms with van der Waals surface area (Å²) >= 11 is 0. The van der Waals surface area contributed by atoms with Crippen molar-refractivity contribution in [2.75, 3.05) is 32.7 Å². The van der Waals surface area contributed by atoms with Crippen LogP contribution in [0.2, 0.25) is 0 Å². The molecular formula is C15H17F3N2O. The fraction of sp³-hybridized carbons (Fsp3) is 0.533. The quantitative estimate of drug-likeness (QED) is 0.782. The Bertz CT molecular complexity index is 563. The Morgan fingerprint density at radius 3 is 2.33 bits per heavy atom. The lowest BCUT2D eigenvalue weighted by molar-refractivity contribution is -0.137. The zero-order chi connectivity index (χ0) is 15.2. The summed E-state index contributed by atoms with van der Waals surface area (Å²) in [7, 11) is 0. The van der Waals surface area contributed by atoms with Gasteiger partial charge in [-0.15, -0.1) is 0 Å². The van der Waals surface area contributed by atoms with Crippen LogP contribution in [0.5, 0.6) is 0 Å². The highest BCUT2D eigenvalue weighted by molar-refractivity contribution is 6.01. The van der Waals surface area contributed by atoms with Crippen LogP contribution in [0.3, 0.4) is 0 Å². The molecule has 0 N–H and O–H groups in total. The maximum absolute atomic E-state index is 12.7. The average molecular weight is 298 g/mol. The fourth-order valence-corrected chi connectivity index (χ4v) is 3.16. The van der Waals surface area contributed by atoms with E-state index in [-0.39, 0.29) is 11.8 Å². The molecular weight excluding hydrogens is 281 g/mol. The number of aryl methyl sites for hydroxylation is 1. The van der Waals surface area contributed by atoms with Crippen molar-refractivity contribution in [1.29, 1.82) is 0 Å². The Morgan fingerprint density at radius 2 is 1.86 bits per heavy atom. The number of Topliss-reactive ketones (excluding diaryl/α,β-unsaturated/α-hetero) is 1. The number of carbonyl (C=O) groups is 1. The predicted molar refractivity (Wildman–Crippen MR) is 72.3 cm³/mol. The normalized spacial score (nSPS) is 28.7. The number of fused-ring (bicyclic) bond motifs is 3. The number of alkyl halides is 3. The van der Waals surface area contributed by atoms with E-state index in [4.69, 9.17) is 0 Å². The van der Waals surface area contributed by atoms with Gasteiger partial charge in [0.05, 0.1) is 11.6 Å². The van der Waals surface area contributed by atoms with Crippen molar-refractivity contribution in [2.45, 2.75) is 19.1 Å². The van der Waals surface area contributed by atoms with E-state index in [2.05, 4.69) is 9.80 Å². The van der Waals surface area contributed by atoms with Gasteiger partial charge in [0.1, 0.15) is 0 Å². The summed E-state index contributed by atoms with van der Waals surface area (Å²) < 4.78 is 38.0. The summed E-state index contributed by atoms with van der Waals surface area (Å²) in [4.78, 5) is 17.0. The van der Waals surface area contributed by atoms with Crippen molar-refractivity contribution in [3.05, 3.63) is 34.9 Å². The lowest BCUT2D eigenvalue weighted by atomic mass is 9.94. The molecule has 3 aliphatic heterocycles. The number of carbonyl (C=O) groups excluding carboxylic acids is 1. The standard InChI is InChI=1S/C15H17F3N2O/c1-10-8-11(15(16,17)18)2-3-12(10)14(21)13-9-19-4-6-20(13)7-5-19/h2-3,8,13H,4-7,9H2,1H3. The molecule has 3 heterocycles. The molecule has 0 amide bonds. The van der Waals surface area contributed by atoms with Crippen LogP contribution < -0.4 is 0 Å². The molecule has 0 spiro atoms. The van der Waals surface area contributed by atoms with Gasteiger partial charge >= 0.3 is 6.18 Å². The lowest BCUT2D eigenvalue weighted by Gasteiger charge is -2.46. The van der Waals surface area contributed by atoms with E-state index in [0.29, 0.717) is 17.7 Å². The van der Waals surface area contributed by atoms with Crippen LogP contribution in [-0.4, -0.2) is 54.3 Å². The molecule has 4 rings (SSSR count). The topological polar surface area (TPSA) is 23.6 Å². The second kappa shape index (κ2) is 5.10. The van der Waals surface area contributed by atoms with Crippen LogP contribution in [0, 0.1) is 6.92 Å². The van der Waals surface area contributed by atoms with Gasteiger partial charge in [-0.3, -0.25) is 14.6 Å². The number of piperazine rings is 3. The van der Waals surface area contributed by atoms with Gasteiger partial charge in [-0.25, -0.2) is 0 Å². The Morgan fingerprint density at radius 1 is 1.19 bits per heavy atom. The second-order valence-electron chi connectivity index (χ2n) is 5.74. The molecule has 21 heavy (non-hydrogen) atoms. The van der Waals surface area contributed by atoms with Crippen LogP contribution in [0.25, 0.3) is 0 Å². The Kier molecular flexibility index (Phi) is 3.53. The first kappa shape index (κ1) is 14.5. The number of benzene rings is 1. The average Bonchev–Trinajstić information content (AvgIpc) is 2.46. The molecule has 1 unspecified atom stereocenters. The first-order valence-electron chi connectivity index (χ1n) is 7.05. The van der Waals surface area contributed by atoms with Crippen LogP contribution in [0.1, 0.15) is 21.5 Å². The molecule has 0 aromatic heterocycles. The summed E-state index contributed by atoms with van der Waals surface area (Å²) in [6.45, 7) is 5.90. The highest BCUT2D eigenvalue weighted by atomic mass is 19.4. The number of hydrogen-bond acceptors (Lipinski definition) is 3. The van der Waals surface area contributed by atoms with Crippen molar-refractivity contribution in [3.8, 4) is 0 Å². The van der Waals surface area contributed by atoms with Crippen LogP contribution in [0.4, 0.5) is 13.2 Å². The third kappa shape index (κ3) is 2.70. The number of halogens is 3. The molecule has 0 aliphatic carbocycles. The van der Waals surface area contributed by atoms with Gasteiger partial charge in [0, 0.05) is 38.3 Å². The van der Waals surface area contributed by atoms with Crippen molar-refractivity contribution in [3.63, 3.8) is 0 Å². The minimum atomic E-state index is -4.37. The molecule has 3 saturated heterocycles. The van der Waals surface area contributed by atoms with Gasteiger partial charge in [-0.1, -0.05) is 6.07 Å². The Balaban J connectivity index is 1.85. The van der Waals surface area contributed by atoms with E-state index in [9.17, 15) is 18.0 Å². The van der Waals surface area contributed by atoms with Gasteiger partial charge in [0.25, 0.3) is 0 Å². The Hall–Kier alpha value is -1.40. The zero-order valence-corrected chi connectivity index (χ0v) is 11.8. The van der Waals surface area contributed by atoms with E-state index in [1.165, 1.54) is 6.07 Å². The number of ketones is 1. The van der Waals surface area contributed by atoms with Gasteiger partial charge in [0.2, 0.25) is 0 Å². The third-order valence-corrected chi connectivity index (χ3v) is 4.40. The van der Waals surface area contributed by atoms with E-state index in [1.807, 2.05) is 0 Å². The molecule has 0 saturated carbocycles. The summed E-state index contributed by atoms with van der Waals surface area (Å²) in [5.74, 6) is -0.0642. The molecule has 3 fully saturated rings. The van der Waals surface area contributed by atoms with Crippen LogP contribution in [-0.2, 0) is 6.18 Å². The van der Waals surface area contributed by atoms with Gasteiger partial charge in [-0.2, -0.15) is 13.2 Å². The van der Waals surface area contributed by atoms with Crippen molar-refractivity contribution >= 4 is 5.78 Å². The van der Waals surface area contributed by atoms with E-state index >= 15 is 0 Å². The van der Waals surface area contributed by atoms with Crippen molar-refractivity contribution < 1.29 is 18.0 Å². The highest BCUT2D eigenvalue weighted by Gasteiger charge is 2.37. The SMILES string of the molecule is Cc1cc(C(F)(F)F)ccc1C(=O)C1CN2CCN1CC2.